The Morgan fingerprint density at radius 1 is 1.22 bits per heavy atom. The Kier molecular flexibility index (Phi) is 5.13. The number of aromatic hydroxyl groups is 1. The fourth-order valence-electron chi connectivity index (χ4n) is 2.70. The first-order valence-electron chi connectivity index (χ1n) is 8.26. The van der Waals surface area contributed by atoms with Crippen LogP contribution in [0.1, 0.15) is 18.1 Å². The number of nitrogens with zero attached hydrogens (tertiary/aromatic N) is 1. The number of nitriles is 1. The third-order valence-corrected chi connectivity index (χ3v) is 3.98. The van der Waals surface area contributed by atoms with Gasteiger partial charge in [-0.1, -0.05) is 0 Å². The van der Waals surface area contributed by atoms with Gasteiger partial charge in [-0.15, -0.1) is 0 Å². The van der Waals surface area contributed by atoms with Gasteiger partial charge in [-0.05, 0) is 55.5 Å². The predicted molar refractivity (Wildman–Crippen MR) is 98.9 cm³/mol. The lowest BCUT2D eigenvalue weighted by Crippen LogP contribution is -2.11. The minimum atomic E-state index is -0.725. The fourth-order valence-corrected chi connectivity index (χ4v) is 2.70. The molecular formula is C21H17NO5. The summed E-state index contributed by atoms with van der Waals surface area (Å²) in [5.41, 5.74) is 1.36. The summed E-state index contributed by atoms with van der Waals surface area (Å²) in [6.45, 7) is 1.82. The van der Waals surface area contributed by atoms with Gasteiger partial charge in [0.1, 0.15) is 34.7 Å². The van der Waals surface area contributed by atoms with Crippen molar-refractivity contribution in [2.24, 2.45) is 0 Å². The molecule has 0 aromatic heterocycles. The number of ether oxygens (including phenoxy) is 3. The highest BCUT2D eigenvalue weighted by molar-refractivity contribution is 6.06. The van der Waals surface area contributed by atoms with Crippen LogP contribution in [0.15, 0.2) is 54.1 Å². The van der Waals surface area contributed by atoms with Gasteiger partial charge in [0.05, 0.1) is 13.7 Å². The van der Waals surface area contributed by atoms with E-state index in [0.29, 0.717) is 28.4 Å². The molecule has 0 radical (unpaired) electrons. The van der Waals surface area contributed by atoms with Gasteiger partial charge in [-0.2, -0.15) is 5.26 Å². The topological polar surface area (TPSA) is 88.8 Å². The van der Waals surface area contributed by atoms with Gasteiger partial charge in [-0.25, -0.2) is 4.79 Å². The second-order valence-electron chi connectivity index (χ2n) is 5.64. The summed E-state index contributed by atoms with van der Waals surface area (Å²) >= 11 is 0. The third-order valence-electron chi connectivity index (χ3n) is 3.98. The summed E-state index contributed by atoms with van der Waals surface area (Å²) in [5.74, 6) is 0.852. The lowest BCUT2D eigenvalue weighted by molar-refractivity contribution is -0.137. The molecule has 0 bridgehead atoms. The lowest BCUT2D eigenvalue weighted by Gasteiger charge is -2.21. The minimum Gasteiger partial charge on any atom is -0.508 e. The van der Waals surface area contributed by atoms with Crippen molar-refractivity contribution in [3.63, 3.8) is 0 Å². The molecule has 2 aromatic rings. The Morgan fingerprint density at radius 3 is 2.59 bits per heavy atom. The Bertz CT molecular complexity index is 981. The molecule has 2 aromatic carbocycles. The number of hydrogen-bond donors (Lipinski definition) is 1. The average molecular weight is 363 g/mol. The summed E-state index contributed by atoms with van der Waals surface area (Å²) in [4.78, 5) is 12.2. The number of allylic oxidation sites excluding steroid dienone is 2. The number of hydrogen-bond acceptors (Lipinski definition) is 6. The zero-order valence-corrected chi connectivity index (χ0v) is 14.9. The first-order chi connectivity index (χ1) is 13.1. The molecule has 0 unspecified atom stereocenters. The van der Waals surface area contributed by atoms with Gasteiger partial charge >= 0.3 is 5.97 Å². The van der Waals surface area contributed by atoms with E-state index in [1.807, 2.05) is 18.2 Å². The molecule has 1 aliphatic rings. The minimum absolute atomic E-state index is 0.00250. The fraction of sp³-hybridized carbons (Fsp3) is 0.143. The monoisotopic (exact) mass is 363 g/mol. The molecule has 6 nitrogen and oxygen atoms in total. The van der Waals surface area contributed by atoms with Gasteiger partial charge in [-0.3, -0.25) is 0 Å². The van der Waals surface area contributed by atoms with Crippen LogP contribution >= 0.6 is 0 Å². The summed E-state index contributed by atoms with van der Waals surface area (Å²) in [6, 6.07) is 13.6. The van der Waals surface area contributed by atoms with Gasteiger partial charge in [0.2, 0.25) is 0 Å². The van der Waals surface area contributed by atoms with E-state index in [4.69, 9.17) is 14.2 Å². The molecule has 0 amide bonds. The zero-order chi connectivity index (χ0) is 19.4. The van der Waals surface area contributed by atoms with Crippen molar-refractivity contribution >= 4 is 17.3 Å². The van der Waals surface area contributed by atoms with Gasteiger partial charge in [0.25, 0.3) is 0 Å². The largest absolute Gasteiger partial charge is 0.508 e. The highest BCUT2D eigenvalue weighted by Gasteiger charge is 2.25. The summed E-state index contributed by atoms with van der Waals surface area (Å²) in [5, 5.41) is 19.4. The molecule has 0 aliphatic carbocycles. The van der Waals surface area contributed by atoms with E-state index in [0.717, 1.165) is 5.56 Å². The summed E-state index contributed by atoms with van der Waals surface area (Å²) in [7, 11) is 1.58. The molecule has 0 atom stereocenters. The highest BCUT2D eigenvalue weighted by atomic mass is 16.5. The molecule has 0 fully saturated rings. The molecular weight excluding hydrogens is 346 g/mol. The Balaban J connectivity index is 2.18. The van der Waals surface area contributed by atoms with E-state index in [-0.39, 0.29) is 17.9 Å². The second kappa shape index (κ2) is 7.67. The number of phenols is 1. The SMILES string of the molecule is CCOC(=O)C(C#N)=C1C=C(c2ccc(OC)cc2)Oc2ccc(O)cc21. The molecule has 136 valence electrons. The van der Waals surface area contributed by atoms with E-state index in [1.54, 1.807) is 38.3 Å². The van der Waals surface area contributed by atoms with Crippen LogP contribution in [0.2, 0.25) is 0 Å². The highest BCUT2D eigenvalue weighted by Crippen LogP contribution is 2.40. The van der Waals surface area contributed by atoms with Gasteiger partial charge in [0, 0.05) is 16.7 Å². The number of fused-ring (bicyclic) bond motifs is 1. The van der Waals surface area contributed by atoms with Crippen molar-refractivity contribution < 1.29 is 24.1 Å². The van der Waals surface area contributed by atoms with E-state index < -0.39 is 5.97 Å². The summed E-state index contributed by atoms with van der Waals surface area (Å²) in [6.07, 6.45) is 1.60. The number of methoxy groups -OCH3 is 1. The number of benzene rings is 2. The third kappa shape index (κ3) is 3.62. The molecule has 0 saturated heterocycles. The number of rotatable bonds is 4. The normalized spacial score (nSPS) is 14.2. The van der Waals surface area contributed by atoms with Crippen LogP contribution in [-0.2, 0) is 9.53 Å². The van der Waals surface area contributed by atoms with Crippen molar-refractivity contribution in [2.75, 3.05) is 13.7 Å². The average Bonchev–Trinajstić information content (AvgIpc) is 2.69. The van der Waals surface area contributed by atoms with Crippen molar-refractivity contribution in [2.45, 2.75) is 6.92 Å². The van der Waals surface area contributed by atoms with E-state index in [9.17, 15) is 15.2 Å². The van der Waals surface area contributed by atoms with Crippen LogP contribution in [0.4, 0.5) is 0 Å². The molecule has 0 spiro atoms. The standard InChI is InChI=1S/C21H17NO5/c1-3-26-21(24)18(12-22)16-11-20(13-4-7-15(25-2)8-5-13)27-19-9-6-14(23)10-17(16)19/h4-11,23H,3H2,1-2H3. The van der Waals surface area contributed by atoms with Crippen LogP contribution in [0.5, 0.6) is 17.2 Å². The molecule has 6 heteroatoms. The molecule has 1 aliphatic heterocycles. The van der Waals surface area contributed by atoms with Gasteiger partial charge in [0.15, 0.2) is 0 Å². The molecule has 1 heterocycles. The Labute approximate surface area is 156 Å². The quantitative estimate of drug-likeness (QED) is 0.506. The van der Waals surface area contributed by atoms with Crippen molar-refractivity contribution in [3.05, 3.63) is 65.2 Å². The maximum Gasteiger partial charge on any atom is 0.349 e. The van der Waals surface area contributed by atoms with Crippen molar-refractivity contribution in [1.82, 2.24) is 0 Å². The van der Waals surface area contributed by atoms with Crippen LogP contribution in [-0.4, -0.2) is 24.8 Å². The molecule has 0 saturated carbocycles. The zero-order valence-electron chi connectivity index (χ0n) is 14.9. The first kappa shape index (κ1) is 18.1. The summed E-state index contributed by atoms with van der Waals surface area (Å²) < 4.78 is 16.1. The lowest BCUT2D eigenvalue weighted by atomic mass is 9.95. The molecule has 1 N–H and O–H groups in total. The van der Waals surface area contributed by atoms with E-state index >= 15 is 0 Å². The number of phenolic OH excluding ortho intramolecular Hbond substituents is 1. The van der Waals surface area contributed by atoms with Crippen molar-refractivity contribution in [3.8, 4) is 23.3 Å². The van der Waals surface area contributed by atoms with Crippen LogP contribution < -0.4 is 9.47 Å². The van der Waals surface area contributed by atoms with Gasteiger partial charge < -0.3 is 19.3 Å². The van der Waals surface area contributed by atoms with Crippen LogP contribution in [0.25, 0.3) is 11.3 Å². The number of esters is 1. The number of carbonyl (C=O) groups excluding carboxylic acids is 1. The maximum atomic E-state index is 12.2. The first-order valence-corrected chi connectivity index (χ1v) is 8.26. The van der Waals surface area contributed by atoms with E-state index in [1.165, 1.54) is 12.1 Å². The molecule has 3 rings (SSSR count). The van der Waals surface area contributed by atoms with Crippen LogP contribution in [0.3, 0.4) is 0 Å². The van der Waals surface area contributed by atoms with Crippen molar-refractivity contribution in [1.29, 1.82) is 5.26 Å². The Hall–Kier alpha value is -3.72. The smallest absolute Gasteiger partial charge is 0.349 e. The second-order valence-corrected chi connectivity index (χ2v) is 5.64. The maximum absolute atomic E-state index is 12.2. The number of carbonyl (C=O) groups is 1. The predicted octanol–water partition coefficient (Wildman–Crippen LogP) is 3.67. The Morgan fingerprint density at radius 2 is 1.96 bits per heavy atom. The van der Waals surface area contributed by atoms with Crippen LogP contribution in [0, 0.1) is 11.3 Å². The molecule has 27 heavy (non-hydrogen) atoms. The van der Waals surface area contributed by atoms with E-state index in [2.05, 4.69) is 0 Å².